The van der Waals surface area contributed by atoms with Gasteiger partial charge < -0.3 is 15.2 Å². The van der Waals surface area contributed by atoms with Gasteiger partial charge in [-0.3, -0.25) is 9.69 Å². The van der Waals surface area contributed by atoms with Gasteiger partial charge in [0.2, 0.25) is 5.91 Å². The van der Waals surface area contributed by atoms with Crippen molar-refractivity contribution in [2.75, 3.05) is 26.2 Å². The van der Waals surface area contributed by atoms with E-state index in [0.717, 1.165) is 51.1 Å². The predicted octanol–water partition coefficient (Wildman–Crippen LogP) is 6.17. The highest BCUT2D eigenvalue weighted by Crippen LogP contribution is 2.37. The van der Waals surface area contributed by atoms with E-state index in [4.69, 9.17) is 0 Å². The fourth-order valence-corrected chi connectivity index (χ4v) is 7.08. The third-order valence-corrected chi connectivity index (χ3v) is 9.05. The number of carbonyl (C=O) groups excluding carboxylic acids is 1. The lowest BCUT2D eigenvalue weighted by molar-refractivity contribution is -0.122. The number of amides is 1. The van der Waals surface area contributed by atoms with Crippen LogP contribution in [0.5, 0.6) is 0 Å². The van der Waals surface area contributed by atoms with E-state index in [0.29, 0.717) is 12.5 Å². The van der Waals surface area contributed by atoms with E-state index in [1.165, 1.54) is 46.2 Å². The standard InChI is InChI=1S/C35H42N4O/c1-25-9-8-10-26(2)34(25)27-17-21-38(22-18-27)23-31-30-13-6-7-14-32(30)39(35(31)28-11-4-3-5-12-28)24-33(40)37-29-15-19-36-20-16-29/h3-14,27,29,36H,15-24H2,1-2H3,(H,37,40). The lowest BCUT2D eigenvalue weighted by atomic mass is 9.84. The Morgan fingerprint density at radius 2 is 1.52 bits per heavy atom. The maximum atomic E-state index is 13.4. The largest absolute Gasteiger partial charge is 0.352 e. The van der Waals surface area contributed by atoms with Gasteiger partial charge in [-0.25, -0.2) is 0 Å². The van der Waals surface area contributed by atoms with Gasteiger partial charge in [-0.05, 0) is 106 Å². The molecule has 5 nitrogen and oxygen atoms in total. The molecule has 0 saturated carbocycles. The lowest BCUT2D eigenvalue weighted by Gasteiger charge is -2.33. The van der Waals surface area contributed by atoms with Crippen LogP contribution in [-0.4, -0.2) is 47.6 Å². The molecule has 4 aromatic rings. The van der Waals surface area contributed by atoms with Crippen molar-refractivity contribution in [3.8, 4) is 11.3 Å². The van der Waals surface area contributed by atoms with Crippen LogP contribution in [0.2, 0.25) is 0 Å². The number of aromatic nitrogens is 1. The molecule has 40 heavy (non-hydrogen) atoms. The molecule has 3 aromatic carbocycles. The first-order valence-corrected chi connectivity index (χ1v) is 15.0. The maximum Gasteiger partial charge on any atom is 0.240 e. The van der Waals surface area contributed by atoms with Crippen molar-refractivity contribution < 1.29 is 4.79 Å². The Morgan fingerprint density at radius 1 is 0.850 bits per heavy atom. The van der Waals surface area contributed by atoms with Gasteiger partial charge in [-0.1, -0.05) is 66.7 Å². The van der Waals surface area contributed by atoms with E-state index in [2.05, 4.69) is 107 Å². The first-order chi connectivity index (χ1) is 19.6. The molecule has 2 aliphatic rings. The molecule has 2 N–H and O–H groups in total. The number of aryl methyl sites for hydroxylation is 2. The quantitative estimate of drug-likeness (QED) is 0.298. The topological polar surface area (TPSA) is 49.3 Å². The Kier molecular flexibility index (Phi) is 8.03. The minimum Gasteiger partial charge on any atom is -0.352 e. The molecule has 0 radical (unpaired) electrons. The molecular formula is C35H42N4O. The number of benzene rings is 3. The van der Waals surface area contributed by atoms with E-state index >= 15 is 0 Å². The van der Waals surface area contributed by atoms with Crippen LogP contribution in [-0.2, 0) is 17.9 Å². The van der Waals surface area contributed by atoms with Gasteiger partial charge >= 0.3 is 0 Å². The summed E-state index contributed by atoms with van der Waals surface area (Å²) in [5.41, 5.74) is 9.24. The highest BCUT2D eigenvalue weighted by molar-refractivity contribution is 5.93. The Labute approximate surface area is 238 Å². The lowest BCUT2D eigenvalue weighted by Crippen LogP contribution is -2.43. The first kappa shape index (κ1) is 26.8. The first-order valence-electron chi connectivity index (χ1n) is 15.0. The number of carbonyl (C=O) groups is 1. The highest BCUT2D eigenvalue weighted by Gasteiger charge is 2.27. The average molecular weight is 535 g/mol. The number of piperidine rings is 2. The van der Waals surface area contributed by atoms with Crippen molar-refractivity contribution in [2.45, 2.75) is 64.6 Å². The molecule has 0 bridgehead atoms. The summed E-state index contributed by atoms with van der Waals surface area (Å²) in [6.45, 7) is 9.86. The monoisotopic (exact) mass is 534 g/mol. The van der Waals surface area contributed by atoms with E-state index in [-0.39, 0.29) is 11.9 Å². The fourth-order valence-electron chi connectivity index (χ4n) is 7.08. The Balaban J connectivity index is 1.29. The second kappa shape index (κ2) is 12.0. The van der Waals surface area contributed by atoms with Gasteiger partial charge in [0.05, 0.1) is 5.69 Å². The SMILES string of the molecule is Cc1cccc(C)c1C1CCN(Cc2c(-c3ccccc3)n(CC(=O)NC3CCNCC3)c3ccccc23)CC1. The molecule has 0 atom stereocenters. The van der Waals surface area contributed by atoms with E-state index in [1.54, 1.807) is 5.56 Å². The molecule has 1 aromatic heterocycles. The van der Waals surface area contributed by atoms with Crippen LogP contribution < -0.4 is 10.6 Å². The van der Waals surface area contributed by atoms with E-state index in [9.17, 15) is 4.79 Å². The molecule has 5 heteroatoms. The Hall–Kier alpha value is -3.41. The van der Waals surface area contributed by atoms with E-state index < -0.39 is 0 Å². The molecular weight excluding hydrogens is 492 g/mol. The van der Waals surface area contributed by atoms with Crippen LogP contribution in [0.15, 0.2) is 72.8 Å². The van der Waals surface area contributed by atoms with Gasteiger partial charge in [0.25, 0.3) is 0 Å². The van der Waals surface area contributed by atoms with Crippen LogP contribution in [0, 0.1) is 13.8 Å². The minimum atomic E-state index is 0.103. The van der Waals surface area contributed by atoms with Crippen LogP contribution in [0.25, 0.3) is 22.2 Å². The number of nitrogens with zero attached hydrogens (tertiary/aromatic N) is 2. The second-order valence-electron chi connectivity index (χ2n) is 11.7. The summed E-state index contributed by atoms with van der Waals surface area (Å²) in [5, 5.41) is 7.97. The molecule has 0 unspecified atom stereocenters. The minimum absolute atomic E-state index is 0.103. The summed E-state index contributed by atoms with van der Waals surface area (Å²) in [4.78, 5) is 16.0. The van der Waals surface area contributed by atoms with Crippen LogP contribution in [0.4, 0.5) is 0 Å². The number of hydrogen-bond acceptors (Lipinski definition) is 3. The summed E-state index contributed by atoms with van der Waals surface area (Å²) < 4.78 is 2.26. The maximum absolute atomic E-state index is 13.4. The number of nitrogens with one attached hydrogen (secondary N) is 2. The highest BCUT2D eigenvalue weighted by atomic mass is 16.2. The van der Waals surface area contributed by atoms with Crippen molar-refractivity contribution >= 4 is 16.8 Å². The number of likely N-dealkylation sites (tertiary alicyclic amines) is 1. The van der Waals surface area contributed by atoms with Crippen LogP contribution >= 0.6 is 0 Å². The van der Waals surface area contributed by atoms with Crippen molar-refractivity contribution in [3.63, 3.8) is 0 Å². The molecule has 0 aliphatic carbocycles. The number of rotatable bonds is 7. The molecule has 1 amide bonds. The van der Waals surface area contributed by atoms with Crippen LogP contribution in [0.1, 0.15) is 53.9 Å². The van der Waals surface area contributed by atoms with Crippen molar-refractivity contribution in [1.82, 2.24) is 20.1 Å². The van der Waals surface area contributed by atoms with Crippen molar-refractivity contribution in [1.29, 1.82) is 0 Å². The second-order valence-corrected chi connectivity index (χ2v) is 11.7. The third kappa shape index (κ3) is 5.59. The molecule has 0 spiro atoms. The molecule has 2 fully saturated rings. The summed E-state index contributed by atoms with van der Waals surface area (Å²) in [6.07, 6.45) is 4.35. The Bertz CT molecular complexity index is 1440. The molecule has 3 heterocycles. The smallest absolute Gasteiger partial charge is 0.240 e. The molecule has 208 valence electrons. The van der Waals surface area contributed by atoms with Gasteiger partial charge in [-0.15, -0.1) is 0 Å². The zero-order valence-corrected chi connectivity index (χ0v) is 24.0. The summed E-state index contributed by atoms with van der Waals surface area (Å²) in [5.74, 6) is 0.733. The van der Waals surface area contributed by atoms with Crippen molar-refractivity contribution in [3.05, 3.63) is 95.1 Å². The normalized spacial score (nSPS) is 17.4. The summed E-state index contributed by atoms with van der Waals surface area (Å²) in [7, 11) is 0. The van der Waals surface area contributed by atoms with Crippen LogP contribution in [0.3, 0.4) is 0 Å². The third-order valence-electron chi connectivity index (χ3n) is 9.05. The number of fused-ring (bicyclic) bond motifs is 1. The van der Waals surface area contributed by atoms with Gasteiger partial charge in [-0.2, -0.15) is 0 Å². The van der Waals surface area contributed by atoms with Gasteiger partial charge in [0, 0.05) is 23.5 Å². The van der Waals surface area contributed by atoms with Gasteiger partial charge in [0.1, 0.15) is 6.54 Å². The Morgan fingerprint density at radius 3 is 2.25 bits per heavy atom. The van der Waals surface area contributed by atoms with Crippen molar-refractivity contribution in [2.24, 2.45) is 0 Å². The predicted molar refractivity (Wildman–Crippen MR) is 165 cm³/mol. The summed E-state index contributed by atoms with van der Waals surface area (Å²) >= 11 is 0. The van der Waals surface area contributed by atoms with E-state index in [1.807, 2.05) is 0 Å². The number of hydrogen-bond donors (Lipinski definition) is 2. The molecule has 6 rings (SSSR count). The molecule has 2 saturated heterocycles. The molecule has 2 aliphatic heterocycles. The zero-order chi connectivity index (χ0) is 27.5. The fraction of sp³-hybridized carbons (Fsp3) is 0.400. The van der Waals surface area contributed by atoms with Gasteiger partial charge in [0.15, 0.2) is 0 Å². The summed E-state index contributed by atoms with van der Waals surface area (Å²) in [6, 6.07) is 26.2. The average Bonchev–Trinajstić information content (AvgIpc) is 3.27. The zero-order valence-electron chi connectivity index (χ0n) is 24.0. The number of para-hydroxylation sites is 1.